The normalized spacial score (nSPS) is 10.4. The highest BCUT2D eigenvalue weighted by Gasteiger charge is 2.12. The van der Waals surface area contributed by atoms with Crippen LogP contribution < -0.4 is 10.1 Å². The maximum atomic E-state index is 12.0. The molecule has 2 rings (SSSR count). The van der Waals surface area contributed by atoms with Gasteiger partial charge in [-0.2, -0.15) is 0 Å². The van der Waals surface area contributed by atoms with E-state index in [0.29, 0.717) is 31.5 Å². The third kappa shape index (κ3) is 4.43. The van der Waals surface area contributed by atoms with Gasteiger partial charge in [-0.25, -0.2) is 0 Å². The monoisotopic (exact) mass is 377 g/mol. The lowest BCUT2D eigenvalue weighted by atomic mass is 10.2. The fourth-order valence-electron chi connectivity index (χ4n) is 1.71. The van der Waals surface area contributed by atoms with Crippen LogP contribution in [0.5, 0.6) is 5.75 Å². The maximum Gasteiger partial charge on any atom is 0.262 e. The number of anilines is 1. The van der Waals surface area contributed by atoms with Gasteiger partial charge in [-0.05, 0) is 36.8 Å². The molecular formula is C15H11Cl4NO2. The van der Waals surface area contributed by atoms with Gasteiger partial charge in [0, 0.05) is 10.0 Å². The topological polar surface area (TPSA) is 38.3 Å². The lowest BCUT2D eigenvalue weighted by Crippen LogP contribution is -2.20. The summed E-state index contributed by atoms with van der Waals surface area (Å²) in [6, 6.07) is 8.13. The van der Waals surface area contributed by atoms with Crippen molar-refractivity contribution in [3.63, 3.8) is 0 Å². The second kappa shape index (κ2) is 7.42. The van der Waals surface area contributed by atoms with Gasteiger partial charge in [-0.15, -0.1) is 0 Å². The molecule has 0 aliphatic rings. The zero-order chi connectivity index (χ0) is 16.3. The Bertz CT molecular complexity index is 699. The molecule has 1 amide bonds. The Morgan fingerprint density at radius 2 is 1.73 bits per heavy atom. The number of carbonyl (C=O) groups is 1. The van der Waals surface area contributed by atoms with Crippen LogP contribution in [0.15, 0.2) is 30.3 Å². The minimum absolute atomic E-state index is 0.225. The van der Waals surface area contributed by atoms with E-state index in [1.165, 1.54) is 0 Å². The number of ether oxygens (including phenoxy) is 1. The standard InChI is InChI=1S/C15H11Cl4NO2/c1-8-2-3-12(18)15(14(8)19)20-13(21)7-22-11-5-9(16)4-10(17)6-11/h2-6H,7H2,1H3,(H,20,21). The first-order valence-corrected chi connectivity index (χ1v) is 7.71. The molecule has 22 heavy (non-hydrogen) atoms. The van der Waals surface area contributed by atoms with Gasteiger partial charge in [-0.3, -0.25) is 4.79 Å². The lowest BCUT2D eigenvalue weighted by Gasteiger charge is -2.12. The minimum atomic E-state index is -0.398. The Balaban J connectivity index is 2.03. The van der Waals surface area contributed by atoms with Crippen LogP contribution in [0, 0.1) is 6.92 Å². The van der Waals surface area contributed by atoms with Gasteiger partial charge < -0.3 is 10.1 Å². The van der Waals surface area contributed by atoms with E-state index < -0.39 is 5.91 Å². The molecule has 0 fully saturated rings. The van der Waals surface area contributed by atoms with Crippen molar-refractivity contribution in [3.05, 3.63) is 56.0 Å². The van der Waals surface area contributed by atoms with Crippen LogP contribution in [0.1, 0.15) is 5.56 Å². The Kier molecular flexibility index (Phi) is 5.81. The molecule has 0 aliphatic carbocycles. The highest BCUT2D eigenvalue weighted by Crippen LogP contribution is 2.32. The Labute approximate surface area is 148 Å². The number of rotatable bonds is 4. The number of aryl methyl sites for hydroxylation is 1. The van der Waals surface area contributed by atoms with E-state index in [9.17, 15) is 4.79 Å². The molecule has 7 heteroatoms. The molecule has 0 aliphatic heterocycles. The third-order valence-electron chi connectivity index (χ3n) is 2.75. The molecule has 2 aromatic rings. The second-order valence-electron chi connectivity index (χ2n) is 4.50. The van der Waals surface area contributed by atoms with E-state index >= 15 is 0 Å². The third-order valence-corrected chi connectivity index (χ3v) is 3.99. The molecule has 1 N–H and O–H groups in total. The van der Waals surface area contributed by atoms with Gasteiger partial charge in [0.15, 0.2) is 6.61 Å². The van der Waals surface area contributed by atoms with Gasteiger partial charge in [0.1, 0.15) is 5.75 Å². The molecule has 0 aromatic heterocycles. The molecule has 0 unspecified atom stereocenters. The predicted octanol–water partition coefficient (Wildman–Crippen LogP) is 5.63. The molecule has 2 aromatic carbocycles. The number of carbonyl (C=O) groups excluding carboxylic acids is 1. The average molecular weight is 379 g/mol. The number of halogens is 4. The second-order valence-corrected chi connectivity index (χ2v) is 6.15. The zero-order valence-corrected chi connectivity index (χ0v) is 14.4. The smallest absolute Gasteiger partial charge is 0.262 e. The van der Waals surface area contributed by atoms with Crippen LogP contribution >= 0.6 is 46.4 Å². The largest absolute Gasteiger partial charge is 0.484 e. The minimum Gasteiger partial charge on any atom is -0.484 e. The summed E-state index contributed by atoms with van der Waals surface area (Å²) in [7, 11) is 0. The molecule has 0 saturated heterocycles. The van der Waals surface area contributed by atoms with Gasteiger partial charge in [0.25, 0.3) is 5.91 Å². The first-order chi connectivity index (χ1) is 10.4. The van der Waals surface area contributed by atoms with Crippen LogP contribution in [-0.4, -0.2) is 12.5 Å². The molecular weight excluding hydrogens is 368 g/mol. The summed E-state index contributed by atoms with van der Waals surface area (Å²) in [6.45, 7) is 1.59. The van der Waals surface area contributed by atoms with E-state index in [0.717, 1.165) is 5.56 Å². The fraction of sp³-hybridized carbons (Fsp3) is 0.133. The lowest BCUT2D eigenvalue weighted by molar-refractivity contribution is -0.118. The first-order valence-electron chi connectivity index (χ1n) is 6.20. The number of hydrogen-bond acceptors (Lipinski definition) is 2. The fourth-order valence-corrected chi connectivity index (χ4v) is 2.68. The predicted molar refractivity (Wildman–Crippen MR) is 91.8 cm³/mol. The maximum absolute atomic E-state index is 12.0. The highest BCUT2D eigenvalue weighted by atomic mass is 35.5. The summed E-state index contributed by atoms with van der Waals surface area (Å²) in [5.74, 6) is -0.000385. The molecule has 0 atom stereocenters. The van der Waals surface area contributed by atoms with Crippen LogP contribution in [0.25, 0.3) is 0 Å². The molecule has 0 radical (unpaired) electrons. The number of hydrogen-bond donors (Lipinski definition) is 1. The molecule has 116 valence electrons. The molecule has 3 nitrogen and oxygen atoms in total. The SMILES string of the molecule is Cc1ccc(Cl)c(NC(=O)COc2cc(Cl)cc(Cl)c2)c1Cl. The summed E-state index contributed by atoms with van der Waals surface area (Å²) in [4.78, 5) is 12.0. The van der Waals surface area contributed by atoms with Crippen molar-refractivity contribution in [2.24, 2.45) is 0 Å². The van der Waals surface area contributed by atoms with Gasteiger partial charge in [-0.1, -0.05) is 52.5 Å². The summed E-state index contributed by atoms with van der Waals surface area (Å²) in [5, 5.41) is 4.22. The quantitative estimate of drug-likeness (QED) is 0.748. The number of nitrogens with one attached hydrogen (secondary N) is 1. The Morgan fingerprint density at radius 1 is 1.09 bits per heavy atom. The molecule has 0 bridgehead atoms. The van der Waals surface area contributed by atoms with Gasteiger partial charge >= 0.3 is 0 Å². The van der Waals surface area contributed by atoms with Crippen molar-refractivity contribution < 1.29 is 9.53 Å². The van der Waals surface area contributed by atoms with Gasteiger partial charge in [0.2, 0.25) is 0 Å². The van der Waals surface area contributed by atoms with Crippen molar-refractivity contribution in [1.82, 2.24) is 0 Å². The first kappa shape index (κ1) is 17.2. The molecule has 0 saturated carbocycles. The van der Waals surface area contributed by atoms with Crippen LogP contribution in [0.2, 0.25) is 20.1 Å². The highest BCUT2D eigenvalue weighted by molar-refractivity contribution is 6.40. The van der Waals surface area contributed by atoms with Crippen molar-refractivity contribution in [2.75, 3.05) is 11.9 Å². The van der Waals surface area contributed by atoms with Crippen molar-refractivity contribution in [1.29, 1.82) is 0 Å². The van der Waals surface area contributed by atoms with Crippen LogP contribution in [0.3, 0.4) is 0 Å². The summed E-state index contributed by atoms with van der Waals surface area (Å²) in [6.07, 6.45) is 0. The summed E-state index contributed by atoms with van der Waals surface area (Å²) in [5.41, 5.74) is 1.17. The van der Waals surface area contributed by atoms with Crippen molar-refractivity contribution in [2.45, 2.75) is 6.92 Å². The van der Waals surface area contributed by atoms with Crippen LogP contribution in [0.4, 0.5) is 5.69 Å². The Morgan fingerprint density at radius 3 is 2.36 bits per heavy atom. The number of amides is 1. The van der Waals surface area contributed by atoms with E-state index in [4.69, 9.17) is 51.1 Å². The van der Waals surface area contributed by atoms with Crippen molar-refractivity contribution in [3.8, 4) is 5.75 Å². The average Bonchev–Trinajstić information content (AvgIpc) is 2.44. The van der Waals surface area contributed by atoms with Crippen LogP contribution in [-0.2, 0) is 4.79 Å². The van der Waals surface area contributed by atoms with E-state index in [2.05, 4.69) is 5.32 Å². The van der Waals surface area contributed by atoms with E-state index in [1.807, 2.05) is 6.92 Å². The summed E-state index contributed by atoms with van der Waals surface area (Å²) < 4.78 is 5.34. The van der Waals surface area contributed by atoms with E-state index in [-0.39, 0.29) is 6.61 Å². The zero-order valence-electron chi connectivity index (χ0n) is 11.4. The molecule has 0 heterocycles. The summed E-state index contributed by atoms with van der Waals surface area (Å²) >= 11 is 23.9. The van der Waals surface area contributed by atoms with Crippen molar-refractivity contribution >= 4 is 58.0 Å². The molecule has 0 spiro atoms. The van der Waals surface area contributed by atoms with Gasteiger partial charge in [0.05, 0.1) is 15.7 Å². The number of benzene rings is 2. The Hall–Kier alpha value is -1.13. The van der Waals surface area contributed by atoms with E-state index in [1.54, 1.807) is 30.3 Å².